The van der Waals surface area contributed by atoms with Crippen molar-refractivity contribution >= 4 is 12.2 Å². The van der Waals surface area contributed by atoms with Crippen LogP contribution < -0.4 is 0 Å². The topological polar surface area (TPSA) is 0 Å². The fourth-order valence-corrected chi connectivity index (χ4v) is 2.12. The van der Waals surface area contributed by atoms with Gasteiger partial charge in [-0.2, -0.15) is 0 Å². The maximum absolute atomic E-state index is 2.26. The number of aryl methyl sites for hydroxylation is 2. The van der Waals surface area contributed by atoms with Crippen molar-refractivity contribution in [2.75, 3.05) is 0 Å². The molecule has 0 unspecified atom stereocenters. The Bertz CT molecular complexity index is 640. The van der Waals surface area contributed by atoms with E-state index in [4.69, 9.17) is 0 Å². The average Bonchev–Trinajstić information content (AvgIpc) is 2.44. The van der Waals surface area contributed by atoms with Crippen LogP contribution in [0.15, 0.2) is 59.7 Å². The van der Waals surface area contributed by atoms with Crippen molar-refractivity contribution in [3.05, 3.63) is 81.9 Å². The van der Waals surface area contributed by atoms with Gasteiger partial charge >= 0.3 is 0 Å². The first-order valence-electron chi connectivity index (χ1n) is 7.05. The SMILES string of the molecule is CC(=Cc1ccc(C)cc1)C(C)=Cc1ccccc1C. The molecule has 0 radical (unpaired) electrons. The number of allylic oxidation sites excluding steroid dienone is 2. The lowest BCUT2D eigenvalue weighted by Gasteiger charge is -2.05. The van der Waals surface area contributed by atoms with Crippen LogP contribution in [0.3, 0.4) is 0 Å². The fraction of sp³-hybridized carbons (Fsp3) is 0.200. The van der Waals surface area contributed by atoms with Crippen LogP contribution >= 0.6 is 0 Å². The Morgan fingerprint density at radius 3 is 2.00 bits per heavy atom. The molecule has 0 spiro atoms. The van der Waals surface area contributed by atoms with Crippen LogP contribution in [-0.2, 0) is 0 Å². The van der Waals surface area contributed by atoms with E-state index in [2.05, 4.69) is 88.4 Å². The minimum absolute atomic E-state index is 1.26. The van der Waals surface area contributed by atoms with E-state index in [9.17, 15) is 0 Å². The van der Waals surface area contributed by atoms with Crippen molar-refractivity contribution in [2.45, 2.75) is 27.7 Å². The highest BCUT2D eigenvalue weighted by molar-refractivity contribution is 5.66. The van der Waals surface area contributed by atoms with E-state index in [-0.39, 0.29) is 0 Å². The third kappa shape index (κ3) is 3.71. The highest BCUT2D eigenvalue weighted by atomic mass is 14.0. The molecule has 0 heterocycles. The second kappa shape index (κ2) is 6.38. The first kappa shape index (κ1) is 14.3. The van der Waals surface area contributed by atoms with Gasteiger partial charge in [-0.1, -0.05) is 66.2 Å². The van der Waals surface area contributed by atoms with Crippen molar-refractivity contribution in [3.63, 3.8) is 0 Å². The van der Waals surface area contributed by atoms with Gasteiger partial charge in [0, 0.05) is 0 Å². The Kier molecular flexibility index (Phi) is 4.57. The molecule has 0 nitrogen and oxygen atoms in total. The van der Waals surface area contributed by atoms with Crippen LogP contribution in [0.1, 0.15) is 36.1 Å². The van der Waals surface area contributed by atoms with E-state index in [0.29, 0.717) is 0 Å². The molecular formula is C20H22. The van der Waals surface area contributed by atoms with E-state index in [0.717, 1.165) is 0 Å². The molecule has 0 saturated heterocycles. The normalized spacial score (nSPS) is 12.6. The molecule has 0 aromatic heterocycles. The van der Waals surface area contributed by atoms with Crippen molar-refractivity contribution in [3.8, 4) is 0 Å². The zero-order valence-electron chi connectivity index (χ0n) is 12.8. The van der Waals surface area contributed by atoms with Gasteiger partial charge in [0.05, 0.1) is 0 Å². The zero-order chi connectivity index (χ0) is 14.5. The summed E-state index contributed by atoms with van der Waals surface area (Å²) in [6, 6.07) is 17.1. The summed E-state index contributed by atoms with van der Waals surface area (Å²) in [5, 5.41) is 0. The molecule has 2 aromatic carbocycles. The van der Waals surface area contributed by atoms with E-state index in [1.54, 1.807) is 0 Å². The van der Waals surface area contributed by atoms with Gasteiger partial charge in [-0.3, -0.25) is 0 Å². The molecule has 2 aromatic rings. The zero-order valence-corrected chi connectivity index (χ0v) is 12.8. The monoisotopic (exact) mass is 262 g/mol. The number of hydrogen-bond acceptors (Lipinski definition) is 0. The van der Waals surface area contributed by atoms with Crippen LogP contribution in [-0.4, -0.2) is 0 Å². The van der Waals surface area contributed by atoms with Crippen LogP contribution in [0.4, 0.5) is 0 Å². The Morgan fingerprint density at radius 2 is 1.35 bits per heavy atom. The maximum atomic E-state index is 2.26. The molecule has 2 rings (SSSR count). The van der Waals surface area contributed by atoms with Crippen LogP contribution in [0.2, 0.25) is 0 Å². The molecule has 0 N–H and O–H groups in total. The van der Waals surface area contributed by atoms with Gasteiger partial charge in [0.2, 0.25) is 0 Å². The first-order chi connectivity index (χ1) is 9.56. The Morgan fingerprint density at radius 1 is 0.750 bits per heavy atom. The Labute approximate surface area is 122 Å². The lowest BCUT2D eigenvalue weighted by molar-refractivity contribution is 1.36. The summed E-state index contributed by atoms with van der Waals surface area (Å²) in [5.41, 5.74) is 7.77. The molecule has 0 heteroatoms. The molecular weight excluding hydrogens is 240 g/mol. The molecule has 0 aliphatic rings. The van der Waals surface area contributed by atoms with E-state index in [1.165, 1.54) is 33.4 Å². The van der Waals surface area contributed by atoms with Gasteiger partial charge in [0.15, 0.2) is 0 Å². The smallest absolute Gasteiger partial charge is 0.0225 e. The van der Waals surface area contributed by atoms with Crippen molar-refractivity contribution in [1.29, 1.82) is 0 Å². The number of benzene rings is 2. The minimum Gasteiger partial charge on any atom is -0.0620 e. The van der Waals surface area contributed by atoms with Gasteiger partial charge in [-0.25, -0.2) is 0 Å². The summed E-state index contributed by atoms with van der Waals surface area (Å²) >= 11 is 0. The summed E-state index contributed by atoms with van der Waals surface area (Å²) in [4.78, 5) is 0. The fourth-order valence-electron chi connectivity index (χ4n) is 2.12. The second-order valence-electron chi connectivity index (χ2n) is 5.42. The Hall–Kier alpha value is -2.08. The summed E-state index contributed by atoms with van der Waals surface area (Å²) in [7, 11) is 0. The predicted octanol–water partition coefficient (Wildman–Crippen LogP) is 5.81. The summed E-state index contributed by atoms with van der Waals surface area (Å²) < 4.78 is 0. The second-order valence-corrected chi connectivity index (χ2v) is 5.42. The van der Waals surface area contributed by atoms with Crippen molar-refractivity contribution < 1.29 is 0 Å². The molecule has 0 aliphatic heterocycles. The van der Waals surface area contributed by atoms with E-state index in [1.807, 2.05) is 0 Å². The largest absolute Gasteiger partial charge is 0.0620 e. The maximum Gasteiger partial charge on any atom is -0.0225 e. The van der Waals surface area contributed by atoms with Crippen LogP contribution in [0, 0.1) is 13.8 Å². The summed E-state index contributed by atoms with van der Waals surface area (Å²) in [6.07, 6.45) is 4.50. The number of hydrogen-bond donors (Lipinski definition) is 0. The third-order valence-corrected chi connectivity index (χ3v) is 3.64. The lowest BCUT2D eigenvalue weighted by atomic mass is 10.0. The van der Waals surface area contributed by atoms with Gasteiger partial charge in [-0.15, -0.1) is 0 Å². The van der Waals surface area contributed by atoms with Crippen LogP contribution in [0.25, 0.3) is 12.2 Å². The molecule has 20 heavy (non-hydrogen) atoms. The lowest BCUT2D eigenvalue weighted by Crippen LogP contribution is -1.84. The molecule has 0 atom stereocenters. The molecule has 0 bridgehead atoms. The van der Waals surface area contributed by atoms with Gasteiger partial charge < -0.3 is 0 Å². The third-order valence-electron chi connectivity index (χ3n) is 3.64. The predicted molar refractivity (Wildman–Crippen MR) is 89.7 cm³/mol. The van der Waals surface area contributed by atoms with Gasteiger partial charge in [-0.05, 0) is 55.5 Å². The van der Waals surface area contributed by atoms with Gasteiger partial charge in [0.1, 0.15) is 0 Å². The standard InChI is InChI=1S/C20H22/c1-15-9-11-19(12-10-15)13-17(3)18(4)14-20-8-6-5-7-16(20)2/h5-14H,1-4H3. The summed E-state index contributed by atoms with van der Waals surface area (Å²) in [6.45, 7) is 8.61. The number of rotatable bonds is 3. The Balaban J connectivity index is 2.26. The molecule has 0 saturated carbocycles. The van der Waals surface area contributed by atoms with Crippen molar-refractivity contribution in [2.24, 2.45) is 0 Å². The molecule has 0 fully saturated rings. The highest BCUT2D eigenvalue weighted by Gasteiger charge is 1.98. The molecule has 0 aliphatic carbocycles. The van der Waals surface area contributed by atoms with Crippen molar-refractivity contribution in [1.82, 2.24) is 0 Å². The van der Waals surface area contributed by atoms with Crippen LogP contribution in [0.5, 0.6) is 0 Å². The molecule has 0 amide bonds. The summed E-state index contributed by atoms with van der Waals surface area (Å²) in [5.74, 6) is 0. The first-order valence-corrected chi connectivity index (χ1v) is 7.05. The quantitative estimate of drug-likeness (QED) is 0.612. The van der Waals surface area contributed by atoms with E-state index >= 15 is 0 Å². The van der Waals surface area contributed by atoms with E-state index < -0.39 is 0 Å². The highest BCUT2D eigenvalue weighted by Crippen LogP contribution is 2.19. The minimum atomic E-state index is 1.26. The average molecular weight is 262 g/mol. The molecule has 102 valence electrons. The van der Waals surface area contributed by atoms with Gasteiger partial charge in [0.25, 0.3) is 0 Å².